The van der Waals surface area contributed by atoms with E-state index in [9.17, 15) is 19.5 Å². The number of hydrogen-bond acceptors (Lipinski definition) is 6. The molecule has 0 saturated carbocycles. The molecule has 0 atom stereocenters. The van der Waals surface area contributed by atoms with Gasteiger partial charge in [0.25, 0.3) is 11.1 Å². The van der Waals surface area contributed by atoms with Gasteiger partial charge in [-0.25, -0.2) is 0 Å². The number of aromatic hydroxyl groups is 1. The molecule has 1 saturated heterocycles. The minimum atomic E-state index is -0.696. The number of hydrogen-bond donors (Lipinski definition) is 1. The predicted molar refractivity (Wildman–Crippen MR) is 97.0 cm³/mol. The molecule has 1 aliphatic rings. The van der Waals surface area contributed by atoms with Crippen molar-refractivity contribution in [1.29, 1.82) is 0 Å². The number of halogens is 3. The van der Waals surface area contributed by atoms with Gasteiger partial charge in [-0.1, -0.05) is 34.8 Å². The van der Waals surface area contributed by atoms with Crippen molar-refractivity contribution < 1.29 is 24.2 Å². The van der Waals surface area contributed by atoms with Gasteiger partial charge in [-0.3, -0.25) is 19.3 Å². The van der Waals surface area contributed by atoms with Gasteiger partial charge in [-0.05, 0) is 37.8 Å². The summed E-state index contributed by atoms with van der Waals surface area (Å²) < 4.78 is 4.93. The summed E-state index contributed by atoms with van der Waals surface area (Å²) in [4.78, 5) is 36.8. The van der Waals surface area contributed by atoms with Crippen LogP contribution in [0.4, 0.5) is 4.79 Å². The molecule has 1 aromatic rings. The SMILES string of the molecule is CC(C)OC(=O)CN1C(=O)S/C(=C\c2c(Cl)cc(Cl)c(O)c2Cl)C1=O. The van der Waals surface area contributed by atoms with Gasteiger partial charge < -0.3 is 9.84 Å². The maximum absolute atomic E-state index is 12.3. The van der Waals surface area contributed by atoms with E-state index in [2.05, 4.69) is 0 Å². The minimum Gasteiger partial charge on any atom is -0.505 e. The molecule has 0 spiro atoms. The van der Waals surface area contributed by atoms with Gasteiger partial charge in [-0.2, -0.15) is 0 Å². The van der Waals surface area contributed by atoms with E-state index in [4.69, 9.17) is 39.5 Å². The molecule has 0 aliphatic carbocycles. The maximum atomic E-state index is 12.3. The number of phenolic OH excluding ortho intramolecular Hbond substituents is 1. The smallest absolute Gasteiger partial charge is 0.326 e. The van der Waals surface area contributed by atoms with Crippen molar-refractivity contribution >= 4 is 69.8 Å². The van der Waals surface area contributed by atoms with Crippen molar-refractivity contribution in [3.63, 3.8) is 0 Å². The summed E-state index contributed by atoms with van der Waals surface area (Å²) >= 11 is 18.4. The predicted octanol–water partition coefficient (Wildman–Crippen LogP) is 4.34. The summed E-state index contributed by atoms with van der Waals surface area (Å²) in [6.07, 6.45) is 0.900. The van der Waals surface area contributed by atoms with Crippen molar-refractivity contribution in [2.75, 3.05) is 6.54 Å². The minimum absolute atomic E-state index is 0.00729. The van der Waals surface area contributed by atoms with E-state index in [1.807, 2.05) is 0 Å². The molecule has 0 bridgehead atoms. The average molecular weight is 425 g/mol. The number of rotatable bonds is 4. The lowest BCUT2D eigenvalue weighted by molar-refractivity contribution is -0.149. The summed E-state index contributed by atoms with van der Waals surface area (Å²) in [7, 11) is 0. The van der Waals surface area contributed by atoms with Crippen LogP contribution in [0.3, 0.4) is 0 Å². The van der Waals surface area contributed by atoms with Crippen molar-refractivity contribution in [1.82, 2.24) is 4.90 Å². The summed E-state index contributed by atoms with van der Waals surface area (Å²) in [6.45, 7) is 2.82. The molecule has 1 aliphatic heterocycles. The van der Waals surface area contributed by atoms with E-state index in [1.165, 1.54) is 12.1 Å². The summed E-state index contributed by atoms with van der Waals surface area (Å²) in [5.74, 6) is -1.77. The number of amides is 2. The highest BCUT2D eigenvalue weighted by molar-refractivity contribution is 8.18. The van der Waals surface area contributed by atoms with Gasteiger partial charge in [-0.15, -0.1) is 0 Å². The fourth-order valence-electron chi connectivity index (χ4n) is 1.92. The monoisotopic (exact) mass is 423 g/mol. The summed E-state index contributed by atoms with van der Waals surface area (Å²) in [5.41, 5.74) is 0.139. The third-order valence-corrected chi connectivity index (χ3v) is 4.88. The number of carbonyl (C=O) groups is 3. The Labute approximate surface area is 162 Å². The molecule has 1 fully saturated rings. The molecule has 1 heterocycles. The molecule has 0 unspecified atom stereocenters. The van der Waals surface area contributed by atoms with E-state index in [1.54, 1.807) is 13.8 Å². The summed E-state index contributed by atoms with van der Waals surface area (Å²) in [5, 5.41) is 9.06. The Morgan fingerprint density at radius 2 is 1.96 bits per heavy atom. The number of benzene rings is 1. The van der Waals surface area contributed by atoms with Crippen LogP contribution in [0.2, 0.25) is 15.1 Å². The Morgan fingerprint density at radius 1 is 1.32 bits per heavy atom. The number of phenols is 1. The maximum Gasteiger partial charge on any atom is 0.326 e. The van der Waals surface area contributed by atoms with Gasteiger partial charge in [0.2, 0.25) is 0 Å². The largest absolute Gasteiger partial charge is 0.505 e. The number of ether oxygens (including phenoxy) is 1. The number of imide groups is 1. The van der Waals surface area contributed by atoms with Crippen molar-refractivity contribution in [2.45, 2.75) is 20.0 Å². The third kappa shape index (κ3) is 4.41. The number of thioether (sulfide) groups is 1. The normalized spacial score (nSPS) is 16.2. The third-order valence-electron chi connectivity index (χ3n) is 2.98. The van der Waals surface area contributed by atoms with Gasteiger partial charge in [0.05, 0.1) is 26.1 Å². The van der Waals surface area contributed by atoms with Crippen LogP contribution < -0.4 is 0 Å². The molecule has 0 radical (unpaired) electrons. The van der Waals surface area contributed by atoms with Crippen molar-refractivity contribution in [3.05, 3.63) is 31.6 Å². The second-order valence-electron chi connectivity index (χ2n) is 5.22. The highest BCUT2D eigenvalue weighted by Crippen LogP contribution is 2.42. The van der Waals surface area contributed by atoms with Gasteiger partial charge >= 0.3 is 5.97 Å². The number of nitrogens with zero attached hydrogens (tertiary/aromatic N) is 1. The van der Waals surface area contributed by atoms with Gasteiger partial charge in [0, 0.05) is 5.56 Å². The van der Waals surface area contributed by atoms with Crippen LogP contribution in [0.25, 0.3) is 6.08 Å². The van der Waals surface area contributed by atoms with Crippen LogP contribution in [0, 0.1) is 0 Å². The van der Waals surface area contributed by atoms with Crippen molar-refractivity contribution in [2.24, 2.45) is 0 Å². The fraction of sp³-hybridized carbons (Fsp3) is 0.267. The quantitative estimate of drug-likeness (QED) is 0.572. The van der Waals surface area contributed by atoms with E-state index < -0.39 is 29.4 Å². The molecule has 2 amide bonds. The van der Waals surface area contributed by atoms with Crippen LogP contribution >= 0.6 is 46.6 Å². The molecule has 134 valence electrons. The lowest BCUT2D eigenvalue weighted by atomic mass is 10.2. The van der Waals surface area contributed by atoms with Crippen LogP contribution in [0.15, 0.2) is 11.0 Å². The lowest BCUT2D eigenvalue weighted by Gasteiger charge is -2.13. The zero-order valence-electron chi connectivity index (χ0n) is 13.0. The Morgan fingerprint density at radius 3 is 2.56 bits per heavy atom. The highest BCUT2D eigenvalue weighted by atomic mass is 35.5. The number of esters is 1. The molecular formula is C15H12Cl3NO5S. The molecule has 1 N–H and O–H groups in total. The van der Waals surface area contributed by atoms with E-state index in [-0.39, 0.29) is 31.6 Å². The van der Waals surface area contributed by atoms with Crippen molar-refractivity contribution in [3.8, 4) is 5.75 Å². The van der Waals surface area contributed by atoms with E-state index in [0.29, 0.717) is 11.8 Å². The fourth-order valence-corrected chi connectivity index (χ4v) is 3.62. The molecule has 10 heteroatoms. The molecule has 1 aromatic carbocycles. The van der Waals surface area contributed by atoms with Crippen LogP contribution in [0.5, 0.6) is 5.75 Å². The Hall–Kier alpha value is -1.41. The topological polar surface area (TPSA) is 83.9 Å². The van der Waals surface area contributed by atoms with E-state index >= 15 is 0 Å². The zero-order chi connectivity index (χ0) is 18.9. The first-order chi connectivity index (χ1) is 11.6. The summed E-state index contributed by atoms with van der Waals surface area (Å²) in [6, 6.07) is 1.26. The zero-order valence-corrected chi connectivity index (χ0v) is 16.1. The molecule has 0 aromatic heterocycles. The molecular weight excluding hydrogens is 413 g/mol. The van der Waals surface area contributed by atoms with Crippen LogP contribution in [-0.2, 0) is 14.3 Å². The second-order valence-corrected chi connectivity index (χ2v) is 7.41. The highest BCUT2D eigenvalue weighted by Gasteiger charge is 2.37. The molecule has 25 heavy (non-hydrogen) atoms. The first kappa shape index (κ1) is 19.9. The number of carbonyl (C=O) groups excluding carboxylic acids is 3. The Balaban J connectivity index is 2.29. The standard InChI is InChI=1S/C15H12Cl3NO5S/c1-6(2)24-11(20)5-19-14(22)10(25-15(19)23)3-7-8(16)4-9(17)13(21)12(7)18/h3-4,6,21H,5H2,1-2H3/b10-3-. The van der Waals surface area contributed by atoms with E-state index in [0.717, 1.165) is 4.90 Å². The lowest BCUT2D eigenvalue weighted by Crippen LogP contribution is -2.35. The second kappa shape index (κ2) is 7.86. The Kier molecular flexibility index (Phi) is 6.26. The first-order valence-electron chi connectivity index (χ1n) is 6.93. The van der Waals surface area contributed by atoms with Gasteiger partial charge in [0.1, 0.15) is 6.54 Å². The van der Waals surface area contributed by atoms with Crippen LogP contribution in [0.1, 0.15) is 19.4 Å². The average Bonchev–Trinajstić information content (AvgIpc) is 2.76. The molecule has 6 nitrogen and oxygen atoms in total. The Bertz CT molecular complexity index is 794. The van der Waals surface area contributed by atoms with Gasteiger partial charge in [0.15, 0.2) is 5.75 Å². The first-order valence-corrected chi connectivity index (χ1v) is 8.88. The molecule has 2 rings (SSSR count). The van der Waals surface area contributed by atoms with Crippen LogP contribution in [-0.4, -0.2) is 39.8 Å².